The molecule has 8 heteroatoms. The molecule has 3 aromatic rings. The van der Waals surface area contributed by atoms with Crippen molar-refractivity contribution in [2.24, 2.45) is 0 Å². The number of benzene rings is 2. The molecule has 0 atom stereocenters. The molecular weight excluding hydrogens is 372 g/mol. The predicted octanol–water partition coefficient (Wildman–Crippen LogP) is 4.24. The normalized spacial score (nSPS) is 15.3. The summed E-state index contributed by atoms with van der Waals surface area (Å²) in [6, 6.07) is 9.67. The van der Waals surface area contributed by atoms with Crippen LogP contribution in [-0.4, -0.2) is 24.7 Å². The van der Waals surface area contributed by atoms with Crippen LogP contribution in [0.25, 0.3) is 21.7 Å². The minimum Gasteiger partial charge on any atom is -0.205 e. The number of halogens is 2. The van der Waals surface area contributed by atoms with E-state index in [2.05, 4.69) is 9.93 Å². The molecule has 0 bridgehead atoms. The van der Waals surface area contributed by atoms with Gasteiger partial charge in [0.2, 0.25) is 0 Å². The second kappa shape index (κ2) is 6.45. The van der Waals surface area contributed by atoms with Crippen LogP contribution in [0.1, 0.15) is 18.4 Å². The molecule has 0 saturated heterocycles. The summed E-state index contributed by atoms with van der Waals surface area (Å²) in [4.78, 5) is 3.42. The molecule has 2 aromatic carbocycles. The van der Waals surface area contributed by atoms with Crippen LogP contribution in [0.5, 0.6) is 0 Å². The first-order valence-electron chi connectivity index (χ1n) is 8.44. The quantitative estimate of drug-likeness (QED) is 0.726. The third-order valence-electron chi connectivity index (χ3n) is 4.61. The molecule has 0 aliphatic heterocycles. The molecule has 0 fully saturated rings. The monoisotopic (exact) mass is 389 g/mol. The maximum atomic E-state index is 12.9. The van der Waals surface area contributed by atoms with Crippen LogP contribution in [-0.2, 0) is 10.0 Å². The number of alkyl halides is 2. The lowest BCUT2D eigenvalue weighted by atomic mass is 10.1. The van der Waals surface area contributed by atoms with Gasteiger partial charge in [0, 0.05) is 10.8 Å². The largest absolute Gasteiger partial charge is 0.276 e. The van der Waals surface area contributed by atoms with E-state index in [1.165, 1.54) is 10.9 Å². The van der Waals surface area contributed by atoms with E-state index in [1.54, 1.807) is 6.20 Å². The first kappa shape index (κ1) is 17.7. The first-order valence-corrected chi connectivity index (χ1v) is 9.92. The van der Waals surface area contributed by atoms with Crippen molar-refractivity contribution < 1.29 is 17.2 Å². The molecule has 1 aliphatic carbocycles. The lowest BCUT2D eigenvalue weighted by molar-refractivity contribution is 0.185. The molecule has 0 saturated carbocycles. The Kier molecular flexibility index (Phi) is 4.22. The number of aromatic nitrogens is 2. The Labute approximate surface area is 155 Å². The van der Waals surface area contributed by atoms with E-state index in [9.17, 15) is 17.2 Å². The Morgan fingerprint density at radius 3 is 2.74 bits per heavy atom. The van der Waals surface area contributed by atoms with Gasteiger partial charge < -0.3 is 0 Å². The number of fused-ring (bicyclic) bond motifs is 3. The summed E-state index contributed by atoms with van der Waals surface area (Å²) >= 11 is 0. The van der Waals surface area contributed by atoms with Gasteiger partial charge in [-0.2, -0.15) is 23.1 Å². The minimum atomic E-state index is -4.04. The van der Waals surface area contributed by atoms with Crippen LogP contribution in [0.15, 0.2) is 59.2 Å². The van der Waals surface area contributed by atoms with Gasteiger partial charge in [0.05, 0.1) is 11.1 Å². The van der Waals surface area contributed by atoms with Gasteiger partial charge in [-0.3, -0.25) is 0 Å². The van der Waals surface area contributed by atoms with Gasteiger partial charge >= 0.3 is 0 Å². The Bertz CT molecular complexity index is 1210. The molecule has 5 nitrogen and oxygen atoms in total. The summed E-state index contributed by atoms with van der Waals surface area (Å²) in [5, 5.41) is 6.71. The fourth-order valence-corrected chi connectivity index (χ4v) is 4.37. The summed E-state index contributed by atoms with van der Waals surface area (Å²) in [5.41, 5.74) is 1.53. The molecule has 140 valence electrons. The number of hydrogen-bond acceptors (Lipinski definition) is 3. The van der Waals surface area contributed by atoms with Crippen LogP contribution < -0.4 is 4.83 Å². The topological polar surface area (TPSA) is 64.0 Å². The van der Waals surface area contributed by atoms with Crippen molar-refractivity contribution in [1.82, 2.24) is 9.89 Å². The van der Waals surface area contributed by atoms with E-state index in [0.29, 0.717) is 5.52 Å². The highest BCUT2D eigenvalue weighted by Crippen LogP contribution is 2.28. The molecule has 0 unspecified atom stereocenters. The second-order valence-electron chi connectivity index (χ2n) is 6.54. The lowest BCUT2D eigenvalue weighted by Crippen LogP contribution is -2.25. The SMILES string of the molecule is Cc1ccc2c(ccc3cnn(NS(=O)(=O)C4=CCCC(C(F)F)=C4)c32)c1. The summed E-state index contributed by atoms with van der Waals surface area (Å²) in [6.07, 6.45) is 1.80. The van der Waals surface area contributed by atoms with E-state index in [-0.39, 0.29) is 23.3 Å². The molecule has 0 amide bonds. The highest BCUT2D eigenvalue weighted by Gasteiger charge is 2.23. The van der Waals surface area contributed by atoms with Crippen molar-refractivity contribution in [2.75, 3.05) is 4.83 Å². The van der Waals surface area contributed by atoms with Gasteiger partial charge in [-0.25, -0.2) is 8.78 Å². The number of sulfonamides is 1. The molecule has 27 heavy (non-hydrogen) atoms. The Morgan fingerprint density at radius 1 is 1.19 bits per heavy atom. The fraction of sp³-hybridized carbons (Fsp3) is 0.211. The van der Waals surface area contributed by atoms with Crippen LogP contribution in [0.3, 0.4) is 0 Å². The van der Waals surface area contributed by atoms with Gasteiger partial charge in [-0.1, -0.05) is 42.0 Å². The Hall–Kier alpha value is -2.74. The zero-order valence-electron chi connectivity index (χ0n) is 14.5. The molecule has 1 aliphatic rings. The number of rotatable bonds is 4. The summed E-state index contributed by atoms with van der Waals surface area (Å²) in [7, 11) is -4.04. The van der Waals surface area contributed by atoms with Gasteiger partial charge in [0.25, 0.3) is 16.4 Å². The van der Waals surface area contributed by atoms with E-state index in [4.69, 9.17) is 0 Å². The summed E-state index contributed by atoms with van der Waals surface area (Å²) < 4.78 is 51.3. The average Bonchev–Trinajstić information content (AvgIpc) is 3.04. The molecule has 4 rings (SSSR count). The highest BCUT2D eigenvalue weighted by molar-refractivity contribution is 7.96. The highest BCUT2D eigenvalue weighted by atomic mass is 32.2. The van der Waals surface area contributed by atoms with Crippen LogP contribution in [0, 0.1) is 6.92 Å². The van der Waals surface area contributed by atoms with Crippen molar-refractivity contribution in [3.63, 3.8) is 0 Å². The van der Waals surface area contributed by atoms with Crippen LogP contribution in [0.2, 0.25) is 0 Å². The van der Waals surface area contributed by atoms with Crippen molar-refractivity contribution in [1.29, 1.82) is 0 Å². The maximum absolute atomic E-state index is 12.9. The van der Waals surface area contributed by atoms with Gasteiger partial charge in [-0.05, 0) is 36.8 Å². The number of hydrogen-bond donors (Lipinski definition) is 1. The molecular formula is C19H17F2N3O2S. The number of nitrogens with zero attached hydrogens (tertiary/aromatic N) is 2. The molecule has 1 N–H and O–H groups in total. The third kappa shape index (κ3) is 3.21. The van der Waals surface area contributed by atoms with E-state index in [0.717, 1.165) is 27.8 Å². The third-order valence-corrected chi connectivity index (χ3v) is 5.92. The smallest absolute Gasteiger partial charge is 0.205 e. The van der Waals surface area contributed by atoms with E-state index < -0.39 is 16.4 Å². The number of allylic oxidation sites excluding steroid dienone is 3. The van der Waals surface area contributed by atoms with Crippen LogP contribution >= 0.6 is 0 Å². The van der Waals surface area contributed by atoms with Gasteiger partial charge in [-0.15, -0.1) is 0 Å². The predicted molar refractivity (Wildman–Crippen MR) is 102 cm³/mol. The number of aryl methyl sites for hydroxylation is 1. The fourth-order valence-electron chi connectivity index (χ4n) is 3.26. The Balaban J connectivity index is 1.78. The number of nitrogens with one attached hydrogen (secondary N) is 1. The zero-order chi connectivity index (χ0) is 19.2. The van der Waals surface area contributed by atoms with Crippen molar-refractivity contribution in [3.8, 4) is 0 Å². The van der Waals surface area contributed by atoms with Crippen molar-refractivity contribution >= 4 is 31.7 Å². The van der Waals surface area contributed by atoms with Gasteiger partial charge in [0.15, 0.2) is 0 Å². The van der Waals surface area contributed by atoms with E-state index in [1.807, 2.05) is 37.3 Å². The van der Waals surface area contributed by atoms with Crippen LogP contribution in [0.4, 0.5) is 8.78 Å². The minimum absolute atomic E-state index is 0.158. The zero-order valence-corrected chi connectivity index (χ0v) is 15.3. The first-order chi connectivity index (χ1) is 12.8. The van der Waals surface area contributed by atoms with Gasteiger partial charge in [0.1, 0.15) is 5.52 Å². The molecule has 1 aromatic heterocycles. The standard InChI is InChI=1S/C19H17F2N3O2S/c1-12-5-8-17-13(9-12)6-7-15-11-22-24(18(15)17)23-27(25,26)16-4-2-3-14(10-16)19(20)21/h4-11,19,23H,2-3H2,1H3. The lowest BCUT2D eigenvalue weighted by Gasteiger charge is -2.15. The average molecular weight is 389 g/mol. The van der Waals surface area contributed by atoms with Crippen molar-refractivity contribution in [3.05, 3.63) is 64.7 Å². The maximum Gasteiger partial charge on any atom is 0.276 e. The summed E-state index contributed by atoms with van der Waals surface area (Å²) in [6.45, 7) is 1.98. The second-order valence-corrected chi connectivity index (χ2v) is 8.21. The summed E-state index contributed by atoms with van der Waals surface area (Å²) in [5.74, 6) is 0. The molecule has 0 spiro atoms. The molecule has 1 heterocycles. The Morgan fingerprint density at radius 2 is 1.96 bits per heavy atom. The molecule has 0 radical (unpaired) electrons. The van der Waals surface area contributed by atoms with Crippen molar-refractivity contribution in [2.45, 2.75) is 26.2 Å². The van der Waals surface area contributed by atoms with E-state index >= 15 is 0 Å².